The van der Waals surface area contributed by atoms with Gasteiger partial charge in [0.2, 0.25) is 0 Å². The molecule has 0 unspecified atom stereocenters. The molecule has 0 aromatic rings. The van der Waals surface area contributed by atoms with Gasteiger partial charge in [-0.15, -0.1) is 0 Å². The van der Waals surface area contributed by atoms with E-state index in [1.807, 2.05) is 39.3 Å². The van der Waals surface area contributed by atoms with Crippen molar-refractivity contribution in [2.75, 3.05) is 0 Å². The van der Waals surface area contributed by atoms with Crippen LogP contribution in [0.1, 0.15) is 19.8 Å². The first-order valence-corrected chi connectivity index (χ1v) is 12.0. The summed E-state index contributed by atoms with van der Waals surface area (Å²) >= 11 is 0. The van der Waals surface area contributed by atoms with Crippen LogP contribution in [0.4, 0.5) is 0 Å². The zero-order valence-corrected chi connectivity index (χ0v) is 14.0. The Morgan fingerprint density at radius 1 is 0.867 bits per heavy atom. The van der Waals surface area contributed by atoms with Crippen molar-refractivity contribution in [3.63, 3.8) is 0 Å². The normalized spacial score (nSPS) is 10.0. The van der Waals surface area contributed by atoms with Gasteiger partial charge in [0, 0.05) is 0 Å². The summed E-state index contributed by atoms with van der Waals surface area (Å²) in [6.45, 7) is 17.0. The summed E-state index contributed by atoms with van der Waals surface area (Å²) in [6.07, 6.45) is 2.28. The van der Waals surface area contributed by atoms with Crippen LogP contribution >= 0.6 is 0 Å². The standard InChI is InChI=1S/C4H9.2C3H10OSi.Li/c1-3-4-2;2*1-5(2,3)4;/h1,3-4H2,2H3;2*4H,1-3H3;/q-1;;;+1. The fraction of sp³-hybridized carbons (Fsp3) is 0.900. The summed E-state index contributed by atoms with van der Waals surface area (Å²) < 4.78 is 0. The summed E-state index contributed by atoms with van der Waals surface area (Å²) in [7, 11) is -3.22. The van der Waals surface area contributed by atoms with Crippen molar-refractivity contribution in [1.82, 2.24) is 0 Å². The van der Waals surface area contributed by atoms with Crippen LogP contribution in [-0.2, 0) is 0 Å². The van der Waals surface area contributed by atoms with E-state index >= 15 is 0 Å². The van der Waals surface area contributed by atoms with E-state index in [0.29, 0.717) is 0 Å². The van der Waals surface area contributed by atoms with Gasteiger partial charge in [-0.25, -0.2) is 0 Å². The third-order valence-electron chi connectivity index (χ3n) is 0.354. The van der Waals surface area contributed by atoms with Gasteiger partial charge in [0.25, 0.3) is 0 Å². The monoisotopic (exact) mass is 244 g/mol. The van der Waals surface area contributed by atoms with Gasteiger partial charge in [0.15, 0.2) is 16.6 Å². The summed E-state index contributed by atoms with van der Waals surface area (Å²) in [5, 5.41) is 0. The number of rotatable bonds is 1. The molecular weight excluding hydrogens is 215 g/mol. The third-order valence-corrected chi connectivity index (χ3v) is 0.354. The molecule has 0 bridgehead atoms. The predicted molar refractivity (Wildman–Crippen MR) is 71.4 cm³/mol. The predicted octanol–water partition coefficient (Wildman–Crippen LogP) is 0.252. The second kappa shape index (κ2) is 13.0. The average Bonchev–Trinajstić information content (AvgIpc) is 1.79. The maximum absolute atomic E-state index is 8.66. The van der Waals surface area contributed by atoms with Gasteiger partial charge in [-0.1, -0.05) is 13.3 Å². The van der Waals surface area contributed by atoms with E-state index in [2.05, 4.69) is 13.8 Å². The number of unbranched alkanes of at least 4 members (excludes halogenated alkanes) is 1. The van der Waals surface area contributed by atoms with Crippen molar-refractivity contribution < 1.29 is 28.5 Å². The summed E-state index contributed by atoms with van der Waals surface area (Å²) in [5.41, 5.74) is 0. The molecule has 0 atom stereocenters. The van der Waals surface area contributed by atoms with Gasteiger partial charge in [0.1, 0.15) is 0 Å². The Kier molecular flexibility index (Phi) is 21.7. The van der Waals surface area contributed by atoms with E-state index in [1.165, 1.54) is 6.42 Å². The van der Waals surface area contributed by atoms with Crippen LogP contribution in [-0.4, -0.2) is 26.2 Å². The Balaban J connectivity index is -0.0000000590. The first kappa shape index (κ1) is 25.0. The molecule has 0 saturated heterocycles. The summed E-state index contributed by atoms with van der Waals surface area (Å²) in [4.78, 5) is 17.3. The average molecular weight is 244 g/mol. The van der Waals surface area contributed by atoms with E-state index in [9.17, 15) is 0 Å². The number of hydrogen-bond donors (Lipinski definition) is 2. The van der Waals surface area contributed by atoms with Crippen LogP contribution in [0.5, 0.6) is 0 Å². The van der Waals surface area contributed by atoms with E-state index in [1.54, 1.807) is 0 Å². The Hall–Kier alpha value is 0.951. The molecule has 0 rings (SSSR count). The van der Waals surface area contributed by atoms with Crippen molar-refractivity contribution in [1.29, 1.82) is 0 Å². The van der Waals surface area contributed by atoms with Crippen molar-refractivity contribution in [3.8, 4) is 0 Å². The molecule has 0 amide bonds. The SMILES string of the molecule is C[Si](C)(C)O.C[Si](C)(C)O.[CH2-]CCC.[Li+]. The Morgan fingerprint density at radius 3 is 0.933 bits per heavy atom. The minimum absolute atomic E-state index is 0. The molecule has 0 aliphatic rings. The second-order valence-electron chi connectivity index (χ2n) is 5.20. The summed E-state index contributed by atoms with van der Waals surface area (Å²) in [6, 6.07) is 0. The largest absolute Gasteiger partial charge is 1.00 e. The first-order valence-electron chi connectivity index (χ1n) is 5.15. The molecule has 15 heavy (non-hydrogen) atoms. The zero-order chi connectivity index (χ0) is 12.4. The molecule has 0 fully saturated rings. The van der Waals surface area contributed by atoms with Gasteiger partial charge in [-0.3, -0.25) is 0 Å². The fourth-order valence-electron chi connectivity index (χ4n) is 0. The zero-order valence-electron chi connectivity index (χ0n) is 12.0. The topological polar surface area (TPSA) is 40.5 Å². The van der Waals surface area contributed by atoms with Crippen LogP contribution < -0.4 is 18.9 Å². The molecule has 0 saturated carbocycles. The molecule has 90 valence electrons. The van der Waals surface area contributed by atoms with Gasteiger partial charge in [0.05, 0.1) is 0 Å². The maximum atomic E-state index is 8.66. The van der Waals surface area contributed by atoms with E-state index in [-0.39, 0.29) is 18.9 Å². The van der Waals surface area contributed by atoms with E-state index in [0.717, 1.165) is 6.42 Å². The molecule has 0 aromatic heterocycles. The van der Waals surface area contributed by atoms with Gasteiger partial charge < -0.3 is 16.5 Å². The van der Waals surface area contributed by atoms with Crippen LogP contribution in [0.15, 0.2) is 0 Å². The van der Waals surface area contributed by atoms with Crippen LogP contribution in [0.3, 0.4) is 0 Å². The molecule has 0 heterocycles. The minimum Gasteiger partial charge on any atom is -0.433 e. The Morgan fingerprint density at radius 2 is 0.933 bits per heavy atom. The van der Waals surface area contributed by atoms with Gasteiger partial charge in [-0.2, -0.15) is 6.42 Å². The molecule has 5 heteroatoms. The first-order chi connectivity index (χ1) is 5.91. The molecule has 0 aliphatic heterocycles. The smallest absolute Gasteiger partial charge is 0.433 e. The van der Waals surface area contributed by atoms with Crippen molar-refractivity contribution in [2.24, 2.45) is 0 Å². The van der Waals surface area contributed by atoms with Crippen molar-refractivity contribution in [3.05, 3.63) is 6.92 Å². The molecule has 0 aromatic carbocycles. The Labute approximate surface area is 111 Å². The molecular formula is C10H29LiO2Si2. The van der Waals surface area contributed by atoms with E-state index in [4.69, 9.17) is 9.59 Å². The fourth-order valence-corrected chi connectivity index (χ4v) is 0. The van der Waals surface area contributed by atoms with Crippen molar-refractivity contribution in [2.45, 2.75) is 59.0 Å². The molecule has 0 radical (unpaired) electrons. The van der Waals surface area contributed by atoms with Crippen molar-refractivity contribution >= 4 is 16.6 Å². The van der Waals surface area contributed by atoms with Crippen LogP contribution in [0.25, 0.3) is 0 Å². The van der Waals surface area contributed by atoms with Gasteiger partial charge >= 0.3 is 18.9 Å². The van der Waals surface area contributed by atoms with Crippen LogP contribution in [0.2, 0.25) is 39.3 Å². The van der Waals surface area contributed by atoms with Gasteiger partial charge in [-0.05, 0) is 39.3 Å². The van der Waals surface area contributed by atoms with Crippen LogP contribution in [0, 0.1) is 6.92 Å². The second-order valence-corrected chi connectivity index (χ2v) is 13.9. The quantitative estimate of drug-likeness (QED) is 0.513. The molecule has 2 N–H and O–H groups in total. The molecule has 0 aliphatic carbocycles. The van der Waals surface area contributed by atoms with E-state index < -0.39 is 16.6 Å². The minimum atomic E-state index is -1.61. The summed E-state index contributed by atoms with van der Waals surface area (Å²) in [5.74, 6) is 0. The molecule has 2 nitrogen and oxygen atoms in total. The Bertz CT molecular complexity index is 83.0. The third kappa shape index (κ3) is 659. The maximum Gasteiger partial charge on any atom is 1.00 e. The number of hydrogen-bond acceptors (Lipinski definition) is 2. The molecule has 0 spiro atoms.